The van der Waals surface area contributed by atoms with Gasteiger partial charge in [-0.25, -0.2) is 0 Å². The Hall–Kier alpha value is -1.80. The summed E-state index contributed by atoms with van der Waals surface area (Å²) in [5, 5.41) is 11.3. The first-order valence-electron chi connectivity index (χ1n) is 5.67. The van der Waals surface area contributed by atoms with Gasteiger partial charge in [-0.1, -0.05) is 11.8 Å². The second-order valence-electron chi connectivity index (χ2n) is 3.80. The molecule has 8 heteroatoms. The lowest BCUT2D eigenvalue weighted by Gasteiger charge is -2.00. The van der Waals surface area contributed by atoms with E-state index in [-0.39, 0.29) is 5.91 Å². The summed E-state index contributed by atoms with van der Waals surface area (Å²) in [7, 11) is 3.43. The molecule has 3 N–H and O–H groups in total. The van der Waals surface area contributed by atoms with Gasteiger partial charge in [0.1, 0.15) is 11.6 Å². The van der Waals surface area contributed by atoms with Crippen LogP contribution >= 0.6 is 11.8 Å². The van der Waals surface area contributed by atoms with Crippen LogP contribution in [0.5, 0.6) is 0 Å². The number of carbonyl (C=O) groups excluding carboxylic acids is 1. The molecule has 0 saturated carbocycles. The standard InChI is InChI=1S/C11H15N5O2S/c1-13-10(17)8-4-3-7(18-8)6-19-11-15-14-9(5-12)16(11)2/h3-4H,5-6,12H2,1-2H3,(H,13,17). The first-order chi connectivity index (χ1) is 9.15. The second kappa shape index (κ2) is 5.89. The third-order valence-electron chi connectivity index (χ3n) is 2.56. The van der Waals surface area contributed by atoms with Gasteiger partial charge in [0.05, 0.1) is 12.3 Å². The van der Waals surface area contributed by atoms with E-state index in [9.17, 15) is 4.79 Å². The van der Waals surface area contributed by atoms with Gasteiger partial charge in [0.15, 0.2) is 10.9 Å². The van der Waals surface area contributed by atoms with Gasteiger partial charge in [-0.2, -0.15) is 0 Å². The molecule has 2 aromatic rings. The Labute approximate surface area is 114 Å². The molecule has 0 atom stereocenters. The lowest BCUT2D eigenvalue weighted by molar-refractivity contribution is 0.0934. The van der Waals surface area contributed by atoms with Crippen molar-refractivity contribution >= 4 is 17.7 Å². The Morgan fingerprint density at radius 1 is 1.53 bits per heavy atom. The van der Waals surface area contributed by atoms with Crippen LogP contribution in [-0.4, -0.2) is 27.7 Å². The van der Waals surface area contributed by atoms with Crippen molar-refractivity contribution in [2.24, 2.45) is 12.8 Å². The molecular weight excluding hydrogens is 266 g/mol. The number of amides is 1. The van der Waals surface area contributed by atoms with Crippen molar-refractivity contribution in [3.8, 4) is 0 Å². The maximum Gasteiger partial charge on any atom is 0.286 e. The van der Waals surface area contributed by atoms with Crippen LogP contribution in [0.4, 0.5) is 0 Å². The van der Waals surface area contributed by atoms with Gasteiger partial charge >= 0.3 is 0 Å². The molecule has 2 heterocycles. The van der Waals surface area contributed by atoms with E-state index in [1.54, 1.807) is 19.2 Å². The first-order valence-corrected chi connectivity index (χ1v) is 6.66. The van der Waals surface area contributed by atoms with Crippen molar-refractivity contribution in [3.05, 3.63) is 29.5 Å². The van der Waals surface area contributed by atoms with Crippen LogP contribution < -0.4 is 11.1 Å². The van der Waals surface area contributed by atoms with Gasteiger partial charge in [-0.05, 0) is 12.1 Å². The fourth-order valence-electron chi connectivity index (χ4n) is 1.48. The number of carbonyl (C=O) groups is 1. The van der Waals surface area contributed by atoms with Crippen LogP contribution in [0.15, 0.2) is 21.7 Å². The molecule has 0 aromatic carbocycles. The number of furan rings is 1. The van der Waals surface area contributed by atoms with Gasteiger partial charge in [0, 0.05) is 14.1 Å². The van der Waals surface area contributed by atoms with Crippen molar-refractivity contribution in [3.63, 3.8) is 0 Å². The lowest BCUT2D eigenvalue weighted by atomic mass is 10.4. The summed E-state index contributed by atoms with van der Waals surface area (Å²) in [6.45, 7) is 0.353. The predicted molar refractivity (Wildman–Crippen MR) is 70.6 cm³/mol. The summed E-state index contributed by atoms with van der Waals surface area (Å²) in [5.74, 6) is 2.08. The zero-order chi connectivity index (χ0) is 13.8. The number of nitrogens with one attached hydrogen (secondary N) is 1. The smallest absolute Gasteiger partial charge is 0.286 e. The van der Waals surface area contributed by atoms with Crippen LogP contribution in [0.3, 0.4) is 0 Å². The van der Waals surface area contributed by atoms with E-state index in [2.05, 4.69) is 15.5 Å². The Balaban J connectivity index is 2.00. The highest BCUT2D eigenvalue weighted by Crippen LogP contribution is 2.22. The minimum Gasteiger partial charge on any atom is -0.455 e. The Kier molecular flexibility index (Phi) is 4.23. The number of nitrogens with zero attached hydrogens (tertiary/aromatic N) is 3. The SMILES string of the molecule is CNC(=O)c1ccc(CSc2nnc(CN)n2C)o1. The van der Waals surface area contributed by atoms with Crippen molar-refractivity contribution in [1.29, 1.82) is 0 Å². The number of hydrogen-bond acceptors (Lipinski definition) is 6. The van der Waals surface area contributed by atoms with E-state index in [0.717, 1.165) is 11.0 Å². The first kappa shape index (κ1) is 13.6. The highest BCUT2D eigenvalue weighted by molar-refractivity contribution is 7.98. The summed E-state index contributed by atoms with van der Waals surface area (Å²) in [5.41, 5.74) is 5.53. The zero-order valence-electron chi connectivity index (χ0n) is 10.7. The minimum absolute atomic E-state index is 0.236. The molecule has 0 bridgehead atoms. The third-order valence-corrected chi connectivity index (χ3v) is 3.61. The molecule has 0 aliphatic rings. The van der Waals surface area contributed by atoms with E-state index in [1.165, 1.54) is 11.8 Å². The summed E-state index contributed by atoms with van der Waals surface area (Å²) >= 11 is 1.48. The quantitative estimate of drug-likeness (QED) is 0.775. The fraction of sp³-hybridized carbons (Fsp3) is 0.364. The van der Waals surface area contributed by atoms with Crippen LogP contribution in [0, 0.1) is 0 Å². The van der Waals surface area contributed by atoms with Gasteiger partial charge in [-0.3, -0.25) is 4.79 Å². The van der Waals surface area contributed by atoms with Gasteiger partial charge < -0.3 is 20.0 Å². The van der Waals surface area contributed by atoms with Crippen LogP contribution in [0.1, 0.15) is 22.1 Å². The predicted octanol–water partition coefficient (Wildman–Crippen LogP) is 0.519. The molecule has 0 spiro atoms. The molecule has 0 fully saturated rings. The van der Waals surface area contributed by atoms with Crippen LogP contribution in [-0.2, 0) is 19.3 Å². The lowest BCUT2D eigenvalue weighted by Crippen LogP contribution is -2.16. The molecule has 0 unspecified atom stereocenters. The van der Waals surface area contributed by atoms with Crippen molar-refractivity contribution in [2.45, 2.75) is 17.5 Å². The molecule has 0 aliphatic heterocycles. The molecule has 2 aromatic heterocycles. The highest BCUT2D eigenvalue weighted by Gasteiger charge is 2.12. The molecule has 0 saturated heterocycles. The Morgan fingerprint density at radius 2 is 2.32 bits per heavy atom. The van der Waals surface area contributed by atoms with Crippen molar-refractivity contribution < 1.29 is 9.21 Å². The van der Waals surface area contributed by atoms with E-state index in [1.807, 2.05) is 11.6 Å². The molecule has 2 rings (SSSR count). The van der Waals surface area contributed by atoms with E-state index in [4.69, 9.17) is 10.2 Å². The number of rotatable bonds is 5. The Morgan fingerprint density at radius 3 is 2.95 bits per heavy atom. The summed E-state index contributed by atoms with van der Waals surface area (Å²) in [6.07, 6.45) is 0. The molecule has 102 valence electrons. The minimum atomic E-state index is -0.236. The molecule has 7 nitrogen and oxygen atoms in total. The molecule has 0 aliphatic carbocycles. The number of nitrogens with two attached hydrogens (primary N) is 1. The van der Waals surface area contributed by atoms with E-state index < -0.39 is 0 Å². The van der Waals surface area contributed by atoms with Gasteiger partial charge in [-0.15, -0.1) is 10.2 Å². The van der Waals surface area contributed by atoms with Crippen LogP contribution in [0.2, 0.25) is 0 Å². The van der Waals surface area contributed by atoms with E-state index in [0.29, 0.717) is 23.8 Å². The maximum atomic E-state index is 11.3. The summed E-state index contributed by atoms with van der Waals surface area (Å²) < 4.78 is 7.26. The van der Waals surface area contributed by atoms with Gasteiger partial charge in [0.2, 0.25) is 0 Å². The fourth-order valence-corrected chi connectivity index (χ4v) is 2.31. The number of thioether (sulfide) groups is 1. The Bertz CT molecular complexity index is 577. The second-order valence-corrected chi connectivity index (χ2v) is 4.74. The van der Waals surface area contributed by atoms with E-state index >= 15 is 0 Å². The molecule has 1 amide bonds. The van der Waals surface area contributed by atoms with Crippen molar-refractivity contribution in [2.75, 3.05) is 7.05 Å². The largest absolute Gasteiger partial charge is 0.455 e. The summed E-state index contributed by atoms with van der Waals surface area (Å²) in [6, 6.07) is 3.43. The molecule has 19 heavy (non-hydrogen) atoms. The average Bonchev–Trinajstić information content (AvgIpc) is 3.02. The monoisotopic (exact) mass is 281 g/mol. The molecule has 0 radical (unpaired) electrons. The average molecular weight is 281 g/mol. The number of aromatic nitrogens is 3. The van der Waals surface area contributed by atoms with Crippen molar-refractivity contribution in [1.82, 2.24) is 20.1 Å². The normalized spacial score (nSPS) is 10.7. The van der Waals surface area contributed by atoms with Crippen LogP contribution in [0.25, 0.3) is 0 Å². The third kappa shape index (κ3) is 2.96. The number of hydrogen-bond donors (Lipinski definition) is 2. The van der Waals surface area contributed by atoms with Gasteiger partial charge in [0.25, 0.3) is 5.91 Å². The zero-order valence-corrected chi connectivity index (χ0v) is 11.5. The topological polar surface area (TPSA) is 99.0 Å². The highest BCUT2D eigenvalue weighted by atomic mass is 32.2. The summed E-state index contributed by atoms with van der Waals surface area (Å²) in [4.78, 5) is 11.3. The maximum absolute atomic E-state index is 11.3. The molecular formula is C11H15N5O2S.